The zero-order valence-corrected chi connectivity index (χ0v) is 9.19. The molecule has 1 rings (SSSR count). The molecule has 1 heterocycles. The van der Waals surface area contributed by atoms with Gasteiger partial charge in [0.25, 0.3) is 5.91 Å². The largest absolute Gasteiger partial charge is 0.397 e. The number of rotatable bonds is 6. The van der Waals surface area contributed by atoms with Gasteiger partial charge in [-0.05, 0) is 12.5 Å². The highest BCUT2D eigenvalue weighted by molar-refractivity contribution is 5.98. The van der Waals surface area contributed by atoms with Gasteiger partial charge in [0.05, 0.1) is 17.4 Å². The number of amides is 1. The number of methoxy groups -OCH3 is 1. The van der Waals surface area contributed by atoms with Crippen LogP contribution in [0.5, 0.6) is 0 Å². The van der Waals surface area contributed by atoms with Crippen LogP contribution in [0.25, 0.3) is 0 Å². The molecule has 0 aliphatic heterocycles. The number of nitrogens with one attached hydrogen (secondary N) is 1. The van der Waals surface area contributed by atoms with E-state index < -0.39 is 5.91 Å². The Morgan fingerprint density at radius 2 is 2.38 bits per heavy atom. The predicted molar refractivity (Wildman–Crippen MR) is 62.2 cm³/mol. The lowest BCUT2D eigenvalue weighted by molar-refractivity contribution is 0.100. The molecule has 0 unspecified atom stereocenters. The molecule has 6 nitrogen and oxygen atoms in total. The molecule has 5 N–H and O–H groups in total. The van der Waals surface area contributed by atoms with E-state index in [0.717, 1.165) is 6.42 Å². The van der Waals surface area contributed by atoms with Crippen LogP contribution in [0.2, 0.25) is 0 Å². The van der Waals surface area contributed by atoms with Crippen molar-refractivity contribution in [3.8, 4) is 0 Å². The molecule has 0 aliphatic rings. The van der Waals surface area contributed by atoms with Crippen molar-refractivity contribution in [1.29, 1.82) is 0 Å². The molecule has 0 fully saturated rings. The fraction of sp³-hybridized carbons (Fsp3) is 0.400. The first-order chi connectivity index (χ1) is 7.65. The number of carbonyl (C=O) groups is 1. The number of nitrogen functional groups attached to an aromatic ring is 1. The Hall–Kier alpha value is -1.82. The van der Waals surface area contributed by atoms with E-state index in [9.17, 15) is 4.79 Å². The van der Waals surface area contributed by atoms with Crippen LogP contribution in [0.15, 0.2) is 12.3 Å². The number of anilines is 2. The van der Waals surface area contributed by atoms with Gasteiger partial charge in [-0.25, -0.2) is 4.98 Å². The molecule has 0 atom stereocenters. The van der Waals surface area contributed by atoms with E-state index in [1.54, 1.807) is 7.11 Å². The van der Waals surface area contributed by atoms with Crippen molar-refractivity contribution >= 4 is 17.4 Å². The second kappa shape index (κ2) is 5.92. The minimum atomic E-state index is -0.547. The van der Waals surface area contributed by atoms with Crippen molar-refractivity contribution < 1.29 is 9.53 Å². The standard InChI is InChI=1S/C10H16N4O2/c1-16-4-2-3-13-10-8(9(12)15)5-7(11)6-14-10/h5-6H,2-4,11H2,1H3,(H2,12,15)(H,13,14). The van der Waals surface area contributed by atoms with Crippen LogP contribution in [0.4, 0.5) is 11.5 Å². The first-order valence-electron chi connectivity index (χ1n) is 4.93. The smallest absolute Gasteiger partial charge is 0.252 e. The highest BCUT2D eigenvalue weighted by Gasteiger charge is 2.09. The molecular weight excluding hydrogens is 208 g/mol. The van der Waals surface area contributed by atoms with Crippen LogP contribution < -0.4 is 16.8 Å². The van der Waals surface area contributed by atoms with E-state index in [4.69, 9.17) is 16.2 Å². The topological polar surface area (TPSA) is 103 Å². The van der Waals surface area contributed by atoms with Crippen LogP contribution in [0.3, 0.4) is 0 Å². The van der Waals surface area contributed by atoms with Crippen LogP contribution in [0, 0.1) is 0 Å². The summed E-state index contributed by atoms with van der Waals surface area (Å²) in [5.74, 6) is -0.0909. The monoisotopic (exact) mass is 224 g/mol. The highest BCUT2D eigenvalue weighted by Crippen LogP contribution is 2.14. The molecule has 6 heteroatoms. The highest BCUT2D eigenvalue weighted by atomic mass is 16.5. The average molecular weight is 224 g/mol. The summed E-state index contributed by atoms with van der Waals surface area (Å²) in [5, 5.41) is 3.01. The fourth-order valence-electron chi connectivity index (χ4n) is 1.23. The third-order valence-electron chi connectivity index (χ3n) is 1.99. The lowest BCUT2D eigenvalue weighted by atomic mass is 10.2. The Kier molecular flexibility index (Phi) is 4.53. The summed E-state index contributed by atoms with van der Waals surface area (Å²) in [6.07, 6.45) is 2.30. The van der Waals surface area contributed by atoms with Gasteiger partial charge >= 0.3 is 0 Å². The molecule has 1 aromatic rings. The summed E-state index contributed by atoms with van der Waals surface area (Å²) in [6.45, 7) is 1.30. The molecule has 1 aromatic heterocycles. The normalized spacial score (nSPS) is 10.1. The Labute approximate surface area is 94.0 Å². The molecule has 16 heavy (non-hydrogen) atoms. The molecule has 0 aliphatic carbocycles. The SMILES string of the molecule is COCCCNc1ncc(N)cc1C(N)=O. The van der Waals surface area contributed by atoms with Crippen molar-refractivity contribution in [2.24, 2.45) is 5.73 Å². The molecule has 1 amide bonds. The van der Waals surface area contributed by atoms with Crippen molar-refractivity contribution in [3.63, 3.8) is 0 Å². The van der Waals surface area contributed by atoms with E-state index in [-0.39, 0.29) is 0 Å². The van der Waals surface area contributed by atoms with Gasteiger partial charge in [-0.15, -0.1) is 0 Å². The molecule has 0 saturated heterocycles. The maximum atomic E-state index is 11.1. The zero-order valence-electron chi connectivity index (χ0n) is 9.19. The third kappa shape index (κ3) is 3.39. The Bertz CT molecular complexity index is 368. The van der Waals surface area contributed by atoms with Crippen LogP contribution in [-0.4, -0.2) is 31.2 Å². The van der Waals surface area contributed by atoms with Gasteiger partial charge in [0, 0.05) is 20.3 Å². The van der Waals surface area contributed by atoms with Crippen molar-refractivity contribution in [1.82, 2.24) is 4.98 Å². The molecule has 88 valence electrons. The minimum absolute atomic E-state index is 0.303. The molecule has 0 aromatic carbocycles. The summed E-state index contributed by atoms with van der Waals surface area (Å²) in [4.78, 5) is 15.1. The van der Waals surface area contributed by atoms with Gasteiger partial charge < -0.3 is 21.5 Å². The molecule has 0 spiro atoms. The number of hydrogen-bond acceptors (Lipinski definition) is 5. The summed E-state index contributed by atoms with van der Waals surface area (Å²) < 4.78 is 4.90. The van der Waals surface area contributed by atoms with Crippen molar-refractivity contribution in [2.75, 3.05) is 31.3 Å². The maximum absolute atomic E-state index is 11.1. The van der Waals surface area contributed by atoms with E-state index in [0.29, 0.717) is 30.2 Å². The number of ether oxygens (including phenoxy) is 1. The fourth-order valence-corrected chi connectivity index (χ4v) is 1.23. The lowest BCUT2D eigenvalue weighted by Gasteiger charge is -2.09. The van der Waals surface area contributed by atoms with Crippen LogP contribution in [-0.2, 0) is 4.74 Å². The number of hydrogen-bond donors (Lipinski definition) is 3. The van der Waals surface area contributed by atoms with E-state index in [2.05, 4.69) is 10.3 Å². The Morgan fingerprint density at radius 3 is 3.00 bits per heavy atom. The number of nitrogens with two attached hydrogens (primary N) is 2. The van der Waals surface area contributed by atoms with Gasteiger partial charge in [0.2, 0.25) is 0 Å². The maximum Gasteiger partial charge on any atom is 0.252 e. The zero-order chi connectivity index (χ0) is 12.0. The number of nitrogens with zero attached hydrogens (tertiary/aromatic N) is 1. The second-order valence-corrected chi connectivity index (χ2v) is 3.30. The predicted octanol–water partition coefficient (Wildman–Crippen LogP) is 0.211. The van der Waals surface area contributed by atoms with Gasteiger partial charge in [-0.2, -0.15) is 0 Å². The molecule has 0 radical (unpaired) electrons. The van der Waals surface area contributed by atoms with Gasteiger partial charge in [0.1, 0.15) is 5.82 Å². The quantitative estimate of drug-likeness (QED) is 0.599. The Morgan fingerprint density at radius 1 is 1.62 bits per heavy atom. The molecule has 0 saturated carbocycles. The third-order valence-corrected chi connectivity index (χ3v) is 1.99. The number of pyridine rings is 1. The van der Waals surface area contributed by atoms with Gasteiger partial charge in [-0.3, -0.25) is 4.79 Å². The van der Waals surface area contributed by atoms with Crippen molar-refractivity contribution in [2.45, 2.75) is 6.42 Å². The number of primary amides is 1. The first-order valence-corrected chi connectivity index (χ1v) is 4.93. The van der Waals surface area contributed by atoms with E-state index >= 15 is 0 Å². The summed E-state index contributed by atoms with van der Waals surface area (Å²) in [5.41, 5.74) is 11.5. The summed E-state index contributed by atoms with van der Waals surface area (Å²) in [6, 6.07) is 1.51. The van der Waals surface area contributed by atoms with Crippen molar-refractivity contribution in [3.05, 3.63) is 17.8 Å². The van der Waals surface area contributed by atoms with E-state index in [1.807, 2.05) is 0 Å². The van der Waals surface area contributed by atoms with Crippen LogP contribution >= 0.6 is 0 Å². The van der Waals surface area contributed by atoms with E-state index in [1.165, 1.54) is 12.3 Å². The lowest BCUT2D eigenvalue weighted by Crippen LogP contribution is -2.17. The molecular formula is C10H16N4O2. The average Bonchev–Trinajstić information content (AvgIpc) is 2.26. The number of carbonyl (C=O) groups excluding carboxylic acids is 1. The molecule has 0 bridgehead atoms. The van der Waals surface area contributed by atoms with Crippen LogP contribution in [0.1, 0.15) is 16.8 Å². The Balaban J connectivity index is 2.67. The number of aromatic nitrogens is 1. The van der Waals surface area contributed by atoms with Gasteiger partial charge in [0.15, 0.2) is 0 Å². The van der Waals surface area contributed by atoms with Gasteiger partial charge in [-0.1, -0.05) is 0 Å². The minimum Gasteiger partial charge on any atom is -0.397 e. The first kappa shape index (κ1) is 12.3. The second-order valence-electron chi connectivity index (χ2n) is 3.30. The summed E-state index contributed by atoms with van der Waals surface area (Å²) in [7, 11) is 1.64. The summed E-state index contributed by atoms with van der Waals surface area (Å²) >= 11 is 0.